The summed E-state index contributed by atoms with van der Waals surface area (Å²) in [6.45, 7) is 3.87. The molecule has 1 aliphatic heterocycles. The maximum absolute atomic E-state index is 12.2. The normalized spacial score (nSPS) is 23.9. The van der Waals surface area contributed by atoms with Gasteiger partial charge in [0.05, 0.1) is 9.79 Å². The van der Waals surface area contributed by atoms with Gasteiger partial charge < -0.3 is 0 Å². The molecule has 18 heavy (non-hydrogen) atoms. The van der Waals surface area contributed by atoms with Crippen molar-refractivity contribution >= 4 is 20.0 Å². The van der Waals surface area contributed by atoms with Gasteiger partial charge in [-0.05, 0) is 31.5 Å². The van der Waals surface area contributed by atoms with E-state index in [9.17, 15) is 16.8 Å². The highest BCUT2D eigenvalue weighted by Crippen LogP contribution is 2.30. The zero-order valence-electron chi connectivity index (χ0n) is 9.99. The molecular weight excluding hydrogens is 276 g/mol. The summed E-state index contributed by atoms with van der Waals surface area (Å²) in [6.07, 6.45) is 0. The van der Waals surface area contributed by atoms with E-state index < -0.39 is 20.0 Å². The van der Waals surface area contributed by atoms with Crippen molar-refractivity contribution in [1.29, 1.82) is 0 Å². The second-order valence-corrected chi connectivity index (χ2v) is 7.82. The molecule has 2 rings (SSSR count). The van der Waals surface area contributed by atoms with Gasteiger partial charge >= 0.3 is 0 Å². The highest BCUT2D eigenvalue weighted by Gasteiger charge is 2.42. The zero-order chi connectivity index (χ0) is 13.7. The van der Waals surface area contributed by atoms with Gasteiger partial charge in [-0.2, -0.15) is 4.31 Å². The van der Waals surface area contributed by atoms with Crippen molar-refractivity contribution in [2.45, 2.75) is 29.7 Å². The van der Waals surface area contributed by atoms with Crippen LogP contribution in [-0.2, 0) is 20.0 Å². The Hall–Kier alpha value is -0.960. The van der Waals surface area contributed by atoms with Crippen molar-refractivity contribution in [2.24, 2.45) is 5.14 Å². The molecule has 2 unspecified atom stereocenters. The number of primary sulfonamides is 1. The summed E-state index contributed by atoms with van der Waals surface area (Å²) in [4.78, 5) is -0.195. The van der Waals surface area contributed by atoms with Crippen LogP contribution < -0.4 is 5.14 Å². The molecule has 1 fully saturated rings. The van der Waals surface area contributed by atoms with Gasteiger partial charge in [-0.1, -0.05) is 6.07 Å². The highest BCUT2D eigenvalue weighted by atomic mass is 32.2. The molecule has 100 valence electrons. The number of hydrogen-bond acceptors (Lipinski definition) is 4. The molecule has 0 aromatic heterocycles. The van der Waals surface area contributed by atoms with Crippen LogP contribution in [0.2, 0.25) is 0 Å². The fraction of sp³-hybridized carbons (Fsp3) is 0.400. The predicted molar refractivity (Wildman–Crippen MR) is 65.9 cm³/mol. The maximum Gasteiger partial charge on any atom is 0.243 e. The number of hydrogen-bond donors (Lipinski definition) is 1. The monoisotopic (exact) mass is 290 g/mol. The Labute approximate surface area is 107 Å². The van der Waals surface area contributed by atoms with Crippen molar-refractivity contribution in [3.63, 3.8) is 0 Å². The van der Waals surface area contributed by atoms with Crippen LogP contribution in [0.5, 0.6) is 0 Å². The van der Waals surface area contributed by atoms with E-state index in [0.717, 1.165) is 6.07 Å². The lowest BCUT2D eigenvalue weighted by atomic mass is 10.2. The lowest BCUT2D eigenvalue weighted by Gasteiger charge is -2.09. The second kappa shape index (κ2) is 4.02. The summed E-state index contributed by atoms with van der Waals surface area (Å²) in [5, 5.41) is 5.00. The van der Waals surface area contributed by atoms with Crippen LogP contribution in [0.15, 0.2) is 28.0 Å². The first-order chi connectivity index (χ1) is 8.14. The summed E-state index contributed by atoms with van der Waals surface area (Å²) >= 11 is 0. The van der Waals surface area contributed by atoms with E-state index in [4.69, 9.17) is 5.14 Å². The summed E-state index contributed by atoms with van der Waals surface area (Å²) in [7, 11) is -7.52. The molecule has 1 saturated heterocycles. The van der Waals surface area contributed by atoms with Gasteiger partial charge in [-0.3, -0.25) is 0 Å². The predicted octanol–water partition coefficient (Wildman–Crippen LogP) is 0.0352. The van der Waals surface area contributed by atoms with Gasteiger partial charge in [0.1, 0.15) is 0 Å². The summed E-state index contributed by atoms with van der Waals surface area (Å²) in [5.41, 5.74) is 0.501. The van der Waals surface area contributed by atoms with Crippen molar-refractivity contribution in [1.82, 2.24) is 4.31 Å². The lowest BCUT2D eigenvalue weighted by Crippen LogP contribution is -2.17. The Kier molecular flexibility index (Phi) is 3.01. The second-order valence-electron chi connectivity index (χ2n) is 4.40. The molecule has 0 bridgehead atoms. The van der Waals surface area contributed by atoms with E-state index in [1.54, 1.807) is 13.8 Å². The van der Waals surface area contributed by atoms with E-state index in [0.29, 0.717) is 12.1 Å². The number of nitrogens with two attached hydrogens (primary N) is 1. The smallest absolute Gasteiger partial charge is 0.225 e. The van der Waals surface area contributed by atoms with Crippen LogP contribution in [0.4, 0.5) is 0 Å². The molecule has 0 radical (unpaired) electrons. The van der Waals surface area contributed by atoms with Gasteiger partial charge in [-0.25, -0.2) is 22.0 Å². The number of sulfonamides is 2. The molecular formula is C10H14N2O4S2. The standard InChI is InChI=1S/C10H14N2O4S2/c1-7-3-4-9(17(11,13)14)5-10(7)18(15,16)12-6-8(12)2/h3-5,8H,6H2,1-2H3,(H2,11,13,14). The van der Waals surface area contributed by atoms with Gasteiger partial charge in [0, 0.05) is 12.6 Å². The Bertz CT molecular complexity index is 695. The van der Waals surface area contributed by atoms with Crippen LogP contribution in [0, 0.1) is 6.92 Å². The van der Waals surface area contributed by atoms with E-state index >= 15 is 0 Å². The van der Waals surface area contributed by atoms with E-state index in [1.165, 1.54) is 16.4 Å². The summed E-state index contributed by atoms with van der Waals surface area (Å²) < 4.78 is 48.2. The Morgan fingerprint density at radius 2 is 1.83 bits per heavy atom. The minimum atomic E-state index is -3.90. The minimum absolute atomic E-state index is 0.00150. The summed E-state index contributed by atoms with van der Waals surface area (Å²) in [6, 6.07) is 3.83. The van der Waals surface area contributed by atoms with Crippen LogP contribution in [0.1, 0.15) is 12.5 Å². The first-order valence-corrected chi connectivity index (χ1v) is 8.28. The van der Waals surface area contributed by atoms with E-state index in [1.807, 2.05) is 0 Å². The zero-order valence-corrected chi connectivity index (χ0v) is 11.6. The topological polar surface area (TPSA) is 97.3 Å². The van der Waals surface area contributed by atoms with Gasteiger partial charge in [-0.15, -0.1) is 0 Å². The average molecular weight is 290 g/mol. The van der Waals surface area contributed by atoms with Crippen molar-refractivity contribution in [2.75, 3.05) is 6.54 Å². The fourth-order valence-corrected chi connectivity index (χ4v) is 4.21. The molecule has 0 amide bonds. The SMILES string of the molecule is Cc1ccc(S(N)(=O)=O)cc1S(=O)(=O)N1CC1C. The summed E-state index contributed by atoms with van der Waals surface area (Å²) in [5.74, 6) is 0. The van der Waals surface area contributed by atoms with Gasteiger partial charge in [0.15, 0.2) is 0 Å². The quantitative estimate of drug-likeness (QED) is 0.794. The largest absolute Gasteiger partial charge is 0.243 e. The van der Waals surface area contributed by atoms with Gasteiger partial charge in [0.25, 0.3) is 0 Å². The third-order valence-electron chi connectivity index (χ3n) is 2.88. The third kappa shape index (κ3) is 2.28. The number of nitrogens with zero attached hydrogens (tertiary/aromatic N) is 1. The molecule has 0 aliphatic carbocycles. The maximum atomic E-state index is 12.2. The third-order valence-corrected chi connectivity index (χ3v) is 5.91. The van der Waals surface area contributed by atoms with Crippen LogP contribution in [0.3, 0.4) is 0 Å². The molecule has 0 saturated carbocycles. The lowest BCUT2D eigenvalue weighted by molar-refractivity contribution is 0.554. The Balaban J connectivity index is 2.58. The first kappa shape index (κ1) is 13.5. The van der Waals surface area contributed by atoms with E-state index in [2.05, 4.69) is 0 Å². The number of rotatable bonds is 3. The first-order valence-electron chi connectivity index (χ1n) is 5.29. The molecule has 1 aliphatic rings. The molecule has 0 spiro atoms. The fourth-order valence-electron chi connectivity index (χ4n) is 1.71. The Morgan fingerprint density at radius 1 is 1.28 bits per heavy atom. The van der Waals surface area contributed by atoms with E-state index in [-0.39, 0.29) is 15.8 Å². The molecule has 1 aromatic rings. The minimum Gasteiger partial charge on any atom is -0.225 e. The van der Waals surface area contributed by atoms with Crippen molar-refractivity contribution in [3.8, 4) is 0 Å². The molecule has 1 heterocycles. The average Bonchev–Trinajstić information content (AvgIpc) is 2.94. The number of aryl methyl sites for hydroxylation is 1. The molecule has 1 aromatic carbocycles. The molecule has 6 nitrogen and oxygen atoms in total. The highest BCUT2D eigenvalue weighted by molar-refractivity contribution is 7.90. The van der Waals surface area contributed by atoms with Crippen LogP contribution >= 0.6 is 0 Å². The molecule has 2 N–H and O–H groups in total. The molecule has 2 atom stereocenters. The van der Waals surface area contributed by atoms with Gasteiger partial charge in [0.2, 0.25) is 20.0 Å². The Morgan fingerprint density at radius 3 is 2.28 bits per heavy atom. The molecule has 8 heteroatoms. The van der Waals surface area contributed by atoms with Crippen LogP contribution in [-0.4, -0.2) is 33.7 Å². The van der Waals surface area contributed by atoms with Crippen molar-refractivity contribution < 1.29 is 16.8 Å². The number of benzene rings is 1. The van der Waals surface area contributed by atoms with Crippen molar-refractivity contribution in [3.05, 3.63) is 23.8 Å². The van der Waals surface area contributed by atoms with Crippen LogP contribution in [0.25, 0.3) is 0 Å².